The maximum Gasteiger partial charge on any atom is 0.212 e. The fraction of sp³-hybridized carbons (Fsp3) is 0.333. The lowest BCUT2D eigenvalue weighted by molar-refractivity contribution is 0.0270. The Morgan fingerprint density at radius 3 is 2.42 bits per heavy atom. The highest BCUT2D eigenvalue weighted by Crippen LogP contribution is 2.22. The summed E-state index contributed by atoms with van der Waals surface area (Å²) < 4.78 is 1.57. The highest BCUT2D eigenvalue weighted by molar-refractivity contribution is 6.01. The van der Waals surface area contributed by atoms with E-state index < -0.39 is 5.60 Å². The number of carbonyl (C=O) groups excluding carboxylic acids is 1. The molecule has 0 amide bonds. The largest absolute Gasteiger partial charge is 0.382 e. The third kappa shape index (κ3) is 2.44. The fourth-order valence-corrected chi connectivity index (χ4v) is 2.06. The van der Waals surface area contributed by atoms with Crippen LogP contribution in [0.25, 0.3) is 5.69 Å². The lowest BCUT2D eigenvalue weighted by Crippen LogP contribution is -2.38. The molecule has 1 heterocycles. The lowest BCUT2D eigenvalue weighted by Gasteiger charge is -2.23. The van der Waals surface area contributed by atoms with E-state index in [1.165, 1.54) is 0 Å². The highest BCUT2D eigenvalue weighted by atomic mass is 16.3. The summed E-state index contributed by atoms with van der Waals surface area (Å²) in [6.45, 7) is 3.62. The first kappa shape index (κ1) is 13.5. The number of aliphatic hydroxyl groups is 1. The summed E-state index contributed by atoms with van der Waals surface area (Å²) in [4.78, 5) is 12.5. The number of benzene rings is 1. The molecule has 100 valence electrons. The predicted octanol–water partition coefficient (Wildman–Crippen LogP) is 2.61. The SMILES string of the molecule is CCC(O)(CC)C(=O)c1ccnn1-c1ccccc1. The molecule has 0 radical (unpaired) electrons. The molecule has 0 fully saturated rings. The summed E-state index contributed by atoms with van der Waals surface area (Å²) in [7, 11) is 0. The minimum Gasteiger partial charge on any atom is -0.382 e. The number of hydrogen-bond acceptors (Lipinski definition) is 3. The van der Waals surface area contributed by atoms with E-state index >= 15 is 0 Å². The van der Waals surface area contributed by atoms with Gasteiger partial charge >= 0.3 is 0 Å². The Labute approximate surface area is 112 Å². The van der Waals surface area contributed by atoms with Crippen molar-refractivity contribution < 1.29 is 9.90 Å². The minimum absolute atomic E-state index is 0.279. The van der Waals surface area contributed by atoms with Gasteiger partial charge in [0.25, 0.3) is 0 Å². The zero-order valence-corrected chi connectivity index (χ0v) is 11.2. The van der Waals surface area contributed by atoms with Crippen molar-refractivity contribution in [2.75, 3.05) is 0 Å². The third-order valence-corrected chi connectivity index (χ3v) is 3.47. The predicted molar refractivity (Wildman–Crippen MR) is 73.4 cm³/mol. The van der Waals surface area contributed by atoms with Crippen molar-refractivity contribution in [3.8, 4) is 5.69 Å². The average molecular weight is 258 g/mol. The Hall–Kier alpha value is -1.94. The Kier molecular flexibility index (Phi) is 3.81. The normalized spacial score (nSPS) is 11.5. The van der Waals surface area contributed by atoms with Crippen molar-refractivity contribution >= 4 is 5.78 Å². The standard InChI is InChI=1S/C15H18N2O2/c1-3-15(19,4-2)14(18)13-10-11-16-17(13)12-8-6-5-7-9-12/h5-11,19H,3-4H2,1-2H3. The monoisotopic (exact) mass is 258 g/mol. The van der Waals surface area contributed by atoms with E-state index in [1.54, 1.807) is 16.9 Å². The lowest BCUT2D eigenvalue weighted by atomic mass is 9.90. The molecule has 1 aromatic carbocycles. The van der Waals surface area contributed by atoms with Gasteiger partial charge in [-0.15, -0.1) is 0 Å². The average Bonchev–Trinajstić information content (AvgIpc) is 2.95. The van der Waals surface area contributed by atoms with Gasteiger partial charge in [0.05, 0.1) is 11.9 Å². The summed E-state index contributed by atoms with van der Waals surface area (Å²) >= 11 is 0. The van der Waals surface area contributed by atoms with E-state index in [1.807, 2.05) is 44.2 Å². The summed E-state index contributed by atoms with van der Waals surface area (Å²) in [6.07, 6.45) is 2.36. The molecule has 1 aromatic heterocycles. The molecule has 0 aliphatic heterocycles. The molecule has 4 heteroatoms. The molecule has 0 saturated carbocycles. The maximum absolute atomic E-state index is 12.5. The Bertz CT molecular complexity index is 557. The smallest absolute Gasteiger partial charge is 0.212 e. The highest BCUT2D eigenvalue weighted by Gasteiger charge is 2.34. The molecule has 0 aliphatic rings. The van der Waals surface area contributed by atoms with Crippen LogP contribution >= 0.6 is 0 Å². The Morgan fingerprint density at radius 1 is 1.21 bits per heavy atom. The van der Waals surface area contributed by atoms with Crippen molar-refractivity contribution in [3.63, 3.8) is 0 Å². The molecular weight excluding hydrogens is 240 g/mol. The number of ketones is 1. The number of aromatic nitrogens is 2. The number of Topliss-reactive ketones (excluding diaryl/α,β-unsaturated/α-hetero) is 1. The molecule has 0 spiro atoms. The minimum atomic E-state index is -1.31. The van der Waals surface area contributed by atoms with Crippen molar-refractivity contribution in [1.82, 2.24) is 9.78 Å². The van der Waals surface area contributed by atoms with Crippen LogP contribution in [0.3, 0.4) is 0 Å². The van der Waals surface area contributed by atoms with Crippen LogP contribution in [0.5, 0.6) is 0 Å². The first-order valence-electron chi connectivity index (χ1n) is 6.49. The van der Waals surface area contributed by atoms with Gasteiger partial charge in [0.1, 0.15) is 11.3 Å². The molecule has 1 N–H and O–H groups in total. The van der Waals surface area contributed by atoms with Crippen LogP contribution in [-0.2, 0) is 0 Å². The second kappa shape index (κ2) is 5.36. The zero-order valence-electron chi connectivity index (χ0n) is 11.2. The van der Waals surface area contributed by atoms with Gasteiger partial charge in [-0.1, -0.05) is 32.0 Å². The Morgan fingerprint density at radius 2 is 1.84 bits per heavy atom. The van der Waals surface area contributed by atoms with E-state index in [4.69, 9.17) is 0 Å². The molecule has 0 aliphatic carbocycles. The second-order valence-corrected chi connectivity index (χ2v) is 4.53. The van der Waals surface area contributed by atoms with E-state index in [-0.39, 0.29) is 5.78 Å². The van der Waals surface area contributed by atoms with E-state index in [9.17, 15) is 9.90 Å². The van der Waals surface area contributed by atoms with Gasteiger partial charge in [-0.2, -0.15) is 5.10 Å². The molecule has 0 bridgehead atoms. The van der Waals surface area contributed by atoms with E-state index in [0.717, 1.165) is 5.69 Å². The van der Waals surface area contributed by atoms with Crippen molar-refractivity contribution in [2.45, 2.75) is 32.3 Å². The topological polar surface area (TPSA) is 55.1 Å². The van der Waals surface area contributed by atoms with Crippen LogP contribution in [0.2, 0.25) is 0 Å². The van der Waals surface area contributed by atoms with Crippen molar-refractivity contribution in [3.05, 3.63) is 48.3 Å². The van der Waals surface area contributed by atoms with Gasteiger partial charge in [0, 0.05) is 0 Å². The second-order valence-electron chi connectivity index (χ2n) is 4.53. The van der Waals surface area contributed by atoms with Crippen LogP contribution in [0.15, 0.2) is 42.6 Å². The molecule has 2 rings (SSSR count). The van der Waals surface area contributed by atoms with Crippen LogP contribution in [0, 0.1) is 0 Å². The van der Waals surface area contributed by atoms with Gasteiger partial charge in [0.2, 0.25) is 5.78 Å². The molecule has 19 heavy (non-hydrogen) atoms. The van der Waals surface area contributed by atoms with Gasteiger partial charge in [-0.05, 0) is 31.0 Å². The summed E-state index contributed by atoms with van der Waals surface area (Å²) in [5, 5.41) is 14.5. The van der Waals surface area contributed by atoms with Gasteiger partial charge in [0.15, 0.2) is 0 Å². The molecule has 4 nitrogen and oxygen atoms in total. The zero-order chi connectivity index (χ0) is 13.9. The third-order valence-electron chi connectivity index (χ3n) is 3.47. The van der Waals surface area contributed by atoms with Crippen molar-refractivity contribution in [1.29, 1.82) is 0 Å². The quantitative estimate of drug-likeness (QED) is 0.839. The number of nitrogens with zero attached hydrogens (tertiary/aromatic N) is 2. The molecule has 0 saturated heterocycles. The maximum atomic E-state index is 12.5. The summed E-state index contributed by atoms with van der Waals surface area (Å²) in [5.74, 6) is -0.279. The molecule has 0 unspecified atom stereocenters. The first-order chi connectivity index (χ1) is 9.12. The summed E-state index contributed by atoms with van der Waals surface area (Å²) in [6, 6.07) is 11.1. The fourth-order valence-electron chi connectivity index (χ4n) is 2.06. The van der Waals surface area contributed by atoms with Crippen LogP contribution in [0.4, 0.5) is 0 Å². The van der Waals surface area contributed by atoms with E-state index in [2.05, 4.69) is 5.10 Å². The van der Waals surface area contributed by atoms with Crippen LogP contribution < -0.4 is 0 Å². The van der Waals surface area contributed by atoms with Gasteiger partial charge < -0.3 is 5.11 Å². The molecule has 2 aromatic rings. The van der Waals surface area contributed by atoms with E-state index in [0.29, 0.717) is 18.5 Å². The number of carbonyl (C=O) groups is 1. The van der Waals surface area contributed by atoms with Crippen LogP contribution in [0.1, 0.15) is 37.2 Å². The van der Waals surface area contributed by atoms with Gasteiger partial charge in [-0.3, -0.25) is 4.79 Å². The van der Waals surface area contributed by atoms with Crippen molar-refractivity contribution in [2.24, 2.45) is 0 Å². The molecular formula is C15H18N2O2. The van der Waals surface area contributed by atoms with Gasteiger partial charge in [-0.25, -0.2) is 4.68 Å². The number of rotatable bonds is 5. The number of hydrogen-bond donors (Lipinski definition) is 1. The molecule has 0 atom stereocenters. The van der Waals surface area contributed by atoms with Crippen LogP contribution in [-0.4, -0.2) is 26.3 Å². The Balaban J connectivity index is 2.43. The summed E-state index contributed by atoms with van der Waals surface area (Å²) in [5.41, 5.74) is -0.0881. The first-order valence-corrected chi connectivity index (χ1v) is 6.49. The number of para-hydroxylation sites is 1.